The number of hydrogen-bond acceptors (Lipinski definition) is 6. The molecule has 184 valence electrons. The normalized spacial score (nSPS) is 12.9. The number of hydrogen-bond donors (Lipinski definition) is 1. The Labute approximate surface area is 205 Å². The molecule has 7 nitrogen and oxygen atoms in total. The van der Waals surface area contributed by atoms with Gasteiger partial charge in [0.25, 0.3) is 10.0 Å². The second-order valence-corrected chi connectivity index (χ2v) is 12.5. The summed E-state index contributed by atoms with van der Waals surface area (Å²) in [5.41, 5.74) is 1.22. The van der Waals surface area contributed by atoms with Crippen LogP contribution in [0, 0.1) is 19.7 Å². The standard InChI is InChI=1S/C23H26FNO6S3/c1-4-9-25(34(29,30)23-16(3)19-7-5-17(24)13-21(19)32-23)10-11-33(28)18-6-8-20(15(2)12-18)31-14-22(26)27/h5-8,12-13H,4,9-11,14H2,1-3H3,(H,26,27). The van der Waals surface area contributed by atoms with E-state index in [4.69, 9.17) is 9.84 Å². The first-order valence-corrected chi connectivity index (χ1v) is 14.1. The molecule has 0 bridgehead atoms. The van der Waals surface area contributed by atoms with E-state index in [-0.39, 0.29) is 23.1 Å². The molecule has 34 heavy (non-hydrogen) atoms. The van der Waals surface area contributed by atoms with Gasteiger partial charge >= 0.3 is 5.97 Å². The van der Waals surface area contributed by atoms with Crippen molar-refractivity contribution in [3.05, 3.63) is 53.3 Å². The minimum Gasteiger partial charge on any atom is -0.611 e. The number of ether oxygens (including phenoxy) is 1. The van der Waals surface area contributed by atoms with Gasteiger partial charge in [0.1, 0.15) is 21.5 Å². The quantitative estimate of drug-likeness (QED) is 0.372. The smallest absolute Gasteiger partial charge is 0.341 e. The van der Waals surface area contributed by atoms with Crippen LogP contribution >= 0.6 is 11.3 Å². The number of carbonyl (C=O) groups is 1. The number of fused-ring (bicyclic) bond motifs is 1. The van der Waals surface area contributed by atoms with E-state index < -0.39 is 39.6 Å². The van der Waals surface area contributed by atoms with E-state index in [0.29, 0.717) is 38.3 Å². The predicted molar refractivity (Wildman–Crippen MR) is 131 cm³/mol. The lowest BCUT2D eigenvalue weighted by atomic mass is 10.2. The number of carboxylic acid groups (broad SMARTS) is 1. The van der Waals surface area contributed by atoms with Crippen LogP contribution in [0.1, 0.15) is 24.5 Å². The minimum atomic E-state index is -3.86. The molecule has 1 atom stereocenters. The van der Waals surface area contributed by atoms with Gasteiger partial charge in [-0.05, 0) is 78.3 Å². The highest BCUT2D eigenvalue weighted by atomic mass is 32.2. The lowest BCUT2D eigenvalue weighted by molar-refractivity contribution is -0.139. The van der Waals surface area contributed by atoms with Gasteiger partial charge in [0, 0.05) is 11.2 Å². The number of aryl methyl sites for hydroxylation is 2. The second kappa shape index (κ2) is 11.0. The molecule has 0 saturated heterocycles. The SMILES string of the molecule is CCCN(CC[S+]([O-])c1ccc(OCC(=O)O)c(C)c1)S(=O)(=O)c1sc2cc(F)ccc2c1C. The first-order valence-electron chi connectivity index (χ1n) is 10.6. The van der Waals surface area contributed by atoms with Gasteiger partial charge in [0.2, 0.25) is 0 Å². The third-order valence-electron chi connectivity index (χ3n) is 5.19. The molecule has 11 heteroatoms. The number of thiophene rings is 1. The number of aliphatic carboxylic acids is 1. The second-order valence-electron chi connectivity index (χ2n) is 7.72. The molecular weight excluding hydrogens is 501 g/mol. The Bertz CT molecular complexity index is 1290. The van der Waals surface area contributed by atoms with Crippen molar-refractivity contribution in [1.29, 1.82) is 0 Å². The summed E-state index contributed by atoms with van der Waals surface area (Å²) in [5.74, 6) is -1.04. The summed E-state index contributed by atoms with van der Waals surface area (Å²) in [4.78, 5) is 11.2. The van der Waals surface area contributed by atoms with Gasteiger partial charge in [-0.3, -0.25) is 0 Å². The van der Waals surface area contributed by atoms with Crippen LogP contribution in [-0.4, -0.2) is 53.8 Å². The topological polar surface area (TPSA) is 107 Å². The molecule has 0 aliphatic heterocycles. The minimum absolute atomic E-state index is 0.0567. The van der Waals surface area contributed by atoms with E-state index in [1.54, 1.807) is 38.1 Å². The van der Waals surface area contributed by atoms with Crippen LogP contribution in [0.25, 0.3) is 10.1 Å². The highest BCUT2D eigenvalue weighted by Gasteiger charge is 2.30. The zero-order valence-corrected chi connectivity index (χ0v) is 21.5. The van der Waals surface area contributed by atoms with Gasteiger partial charge in [-0.15, -0.1) is 11.3 Å². The van der Waals surface area contributed by atoms with Crippen molar-refractivity contribution in [3.63, 3.8) is 0 Å². The Morgan fingerprint density at radius 2 is 1.94 bits per heavy atom. The molecule has 1 unspecified atom stereocenters. The van der Waals surface area contributed by atoms with Crippen molar-refractivity contribution >= 4 is 48.6 Å². The summed E-state index contributed by atoms with van der Waals surface area (Å²) in [7, 11) is -3.86. The maximum Gasteiger partial charge on any atom is 0.341 e. The fourth-order valence-electron chi connectivity index (χ4n) is 3.51. The Balaban J connectivity index is 1.78. The molecule has 0 saturated carbocycles. The molecule has 0 radical (unpaired) electrons. The number of nitrogens with zero attached hydrogens (tertiary/aromatic N) is 1. The third kappa shape index (κ3) is 5.89. The summed E-state index contributed by atoms with van der Waals surface area (Å²) in [5, 5.41) is 9.45. The van der Waals surface area contributed by atoms with Crippen molar-refractivity contribution in [2.45, 2.75) is 36.3 Å². The zero-order valence-electron chi connectivity index (χ0n) is 19.0. The van der Waals surface area contributed by atoms with Crippen LogP contribution in [0.2, 0.25) is 0 Å². The largest absolute Gasteiger partial charge is 0.611 e. The van der Waals surface area contributed by atoms with E-state index in [1.807, 2.05) is 6.92 Å². The molecule has 0 fully saturated rings. The van der Waals surface area contributed by atoms with E-state index in [0.717, 1.165) is 11.3 Å². The molecule has 1 heterocycles. The lowest BCUT2D eigenvalue weighted by Gasteiger charge is -2.22. The highest BCUT2D eigenvalue weighted by Crippen LogP contribution is 2.36. The monoisotopic (exact) mass is 527 g/mol. The number of rotatable bonds is 11. The van der Waals surface area contributed by atoms with Crippen molar-refractivity contribution < 1.29 is 32.0 Å². The summed E-state index contributed by atoms with van der Waals surface area (Å²) in [6.07, 6.45) is 0.582. The van der Waals surface area contributed by atoms with Gasteiger partial charge in [-0.25, -0.2) is 17.6 Å². The van der Waals surface area contributed by atoms with Gasteiger partial charge in [0.15, 0.2) is 11.5 Å². The van der Waals surface area contributed by atoms with E-state index >= 15 is 0 Å². The van der Waals surface area contributed by atoms with Crippen molar-refractivity contribution in [1.82, 2.24) is 4.31 Å². The molecule has 0 aliphatic rings. The zero-order chi connectivity index (χ0) is 25.0. The van der Waals surface area contributed by atoms with Crippen LogP contribution in [0.4, 0.5) is 4.39 Å². The average molecular weight is 528 g/mol. The molecule has 0 amide bonds. The molecule has 1 aromatic heterocycles. The van der Waals surface area contributed by atoms with Crippen molar-refractivity contribution in [2.24, 2.45) is 0 Å². The summed E-state index contributed by atoms with van der Waals surface area (Å²) < 4.78 is 60.7. The van der Waals surface area contributed by atoms with Crippen LogP contribution < -0.4 is 4.74 Å². The van der Waals surface area contributed by atoms with Crippen LogP contribution in [0.3, 0.4) is 0 Å². The fourth-order valence-corrected chi connectivity index (χ4v) is 8.23. The third-order valence-corrected chi connectivity index (χ3v) is 10.3. The molecule has 0 aliphatic carbocycles. The van der Waals surface area contributed by atoms with Gasteiger partial charge in [-0.2, -0.15) is 4.31 Å². The van der Waals surface area contributed by atoms with Crippen molar-refractivity contribution in [3.8, 4) is 5.75 Å². The maximum atomic E-state index is 13.6. The van der Waals surface area contributed by atoms with Gasteiger partial charge in [-0.1, -0.05) is 13.0 Å². The lowest BCUT2D eigenvalue weighted by Crippen LogP contribution is -2.35. The molecule has 2 aromatic carbocycles. The fraction of sp³-hybridized carbons (Fsp3) is 0.348. The van der Waals surface area contributed by atoms with E-state index in [2.05, 4.69) is 0 Å². The summed E-state index contributed by atoms with van der Waals surface area (Å²) in [6, 6.07) is 9.02. The summed E-state index contributed by atoms with van der Waals surface area (Å²) >= 11 is -0.439. The Morgan fingerprint density at radius 3 is 2.59 bits per heavy atom. The van der Waals surface area contributed by atoms with Crippen LogP contribution in [-0.2, 0) is 26.0 Å². The molecule has 0 spiro atoms. The molecule has 1 N–H and O–H groups in total. The predicted octanol–water partition coefficient (Wildman–Crippen LogP) is 4.33. The van der Waals surface area contributed by atoms with Crippen molar-refractivity contribution in [2.75, 3.05) is 25.4 Å². The first-order chi connectivity index (χ1) is 16.0. The Morgan fingerprint density at radius 1 is 1.21 bits per heavy atom. The van der Waals surface area contributed by atoms with Crippen LogP contribution in [0.5, 0.6) is 5.75 Å². The first kappa shape index (κ1) is 26.4. The summed E-state index contributed by atoms with van der Waals surface area (Å²) in [6.45, 7) is 5.15. The van der Waals surface area contributed by atoms with E-state index in [9.17, 15) is 22.2 Å². The molecular formula is C23H26FNO6S3. The average Bonchev–Trinajstić information content (AvgIpc) is 3.11. The number of sulfonamides is 1. The maximum absolute atomic E-state index is 13.6. The van der Waals surface area contributed by atoms with Crippen LogP contribution in [0.15, 0.2) is 45.5 Å². The van der Waals surface area contributed by atoms with Gasteiger partial charge in [0.05, 0.1) is 6.54 Å². The Kier molecular flexibility index (Phi) is 8.58. The number of benzene rings is 2. The number of carboxylic acids is 1. The molecule has 3 rings (SSSR count). The molecule has 3 aromatic rings. The highest BCUT2D eigenvalue weighted by molar-refractivity contribution is 7.92. The van der Waals surface area contributed by atoms with Gasteiger partial charge < -0.3 is 14.4 Å². The Hall–Kier alpha value is -2.18. The number of halogens is 1. The van der Waals surface area contributed by atoms with E-state index in [1.165, 1.54) is 16.4 Å².